The number of hydrogen-bond donors (Lipinski definition) is 1. The minimum absolute atomic E-state index is 0.104. The number of carbonyl (C=O) groups excluding carboxylic acids is 1. The molecule has 3 aromatic rings. The summed E-state index contributed by atoms with van der Waals surface area (Å²) in [5, 5.41) is 3.94. The Morgan fingerprint density at radius 2 is 2.00 bits per heavy atom. The summed E-state index contributed by atoms with van der Waals surface area (Å²) in [5.74, 6) is 0.781. The lowest BCUT2D eigenvalue weighted by Gasteiger charge is -2.21. The number of carbonyl (C=O) groups is 1. The molecule has 1 aliphatic carbocycles. The number of para-hydroxylation sites is 1. The second-order valence-corrected chi connectivity index (χ2v) is 7.27. The first-order valence-corrected chi connectivity index (χ1v) is 10.0. The van der Waals surface area contributed by atoms with Gasteiger partial charge in [0.1, 0.15) is 11.6 Å². The minimum Gasteiger partial charge on any atom is -0.341 e. The fourth-order valence-electron chi connectivity index (χ4n) is 3.59. The van der Waals surface area contributed by atoms with Crippen molar-refractivity contribution in [3.8, 4) is 0 Å². The summed E-state index contributed by atoms with van der Waals surface area (Å²) < 4.78 is 2.06. The molecule has 0 saturated carbocycles. The Bertz CT molecular complexity index is 1230. The molecule has 5 heteroatoms. The molecule has 0 fully saturated rings. The van der Waals surface area contributed by atoms with Gasteiger partial charge in [0.25, 0.3) is 0 Å². The molecule has 5 nitrogen and oxygen atoms in total. The highest BCUT2D eigenvalue weighted by atomic mass is 16.1. The van der Waals surface area contributed by atoms with Gasteiger partial charge in [0, 0.05) is 36.3 Å². The van der Waals surface area contributed by atoms with Crippen LogP contribution in [-0.4, -0.2) is 15.3 Å². The molecule has 1 aliphatic rings. The van der Waals surface area contributed by atoms with E-state index < -0.39 is 0 Å². The molecule has 0 saturated heterocycles. The first kappa shape index (κ1) is 19.6. The molecule has 0 bridgehead atoms. The highest BCUT2D eigenvalue weighted by molar-refractivity contribution is 5.89. The lowest BCUT2D eigenvalue weighted by Crippen LogP contribution is -2.15. The molecular formula is C25H23N3O2. The van der Waals surface area contributed by atoms with Crippen LogP contribution in [0.4, 0.5) is 11.5 Å². The summed E-state index contributed by atoms with van der Waals surface area (Å²) in [6.07, 6.45) is 15.3. The van der Waals surface area contributed by atoms with Crippen LogP contribution in [0, 0.1) is 0 Å². The third-order valence-corrected chi connectivity index (χ3v) is 5.02. The van der Waals surface area contributed by atoms with E-state index in [0.29, 0.717) is 24.0 Å². The average Bonchev–Trinajstić information content (AvgIpc) is 3.02. The Morgan fingerprint density at radius 1 is 1.17 bits per heavy atom. The smallest absolute Gasteiger partial charge is 0.193 e. The SMILES string of the molecule is CC(=O)CCc1cncc2c(=O)cc(Nc3ccccc3)n(C3=CCC=CC=C3)c12. The number of Topliss-reactive ketones (excluding diaryl/α,β-unsaturated/α-hetero) is 1. The monoisotopic (exact) mass is 397 g/mol. The first-order valence-electron chi connectivity index (χ1n) is 10.0. The van der Waals surface area contributed by atoms with E-state index in [2.05, 4.69) is 27.0 Å². The van der Waals surface area contributed by atoms with Crippen molar-refractivity contribution in [2.75, 3.05) is 5.32 Å². The summed E-state index contributed by atoms with van der Waals surface area (Å²) >= 11 is 0. The van der Waals surface area contributed by atoms with Gasteiger partial charge in [-0.1, -0.05) is 42.5 Å². The predicted molar refractivity (Wildman–Crippen MR) is 122 cm³/mol. The molecule has 4 rings (SSSR count). The van der Waals surface area contributed by atoms with E-state index in [-0.39, 0.29) is 11.2 Å². The zero-order valence-corrected chi connectivity index (χ0v) is 16.8. The molecule has 0 atom stereocenters. The zero-order chi connectivity index (χ0) is 20.9. The second-order valence-electron chi connectivity index (χ2n) is 7.27. The Balaban J connectivity index is 1.98. The molecule has 0 amide bonds. The third-order valence-electron chi connectivity index (χ3n) is 5.02. The van der Waals surface area contributed by atoms with Gasteiger partial charge in [0.2, 0.25) is 0 Å². The Hall–Kier alpha value is -3.73. The number of allylic oxidation sites excluding steroid dienone is 6. The molecule has 1 aromatic carbocycles. The van der Waals surface area contributed by atoms with Gasteiger partial charge >= 0.3 is 0 Å². The lowest BCUT2D eigenvalue weighted by atomic mass is 10.1. The lowest BCUT2D eigenvalue weighted by molar-refractivity contribution is -0.116. The van der Waals surface area contributed by atoms with Gasteiger partial charge in [0.15, 0.2) is 5.43 Å². The number of rotatable bonds is 6. The van der Waals surface area contributed by atoms with Crippen molar-refractivity contribution >= 4 is 33.9 Å². The number of fused-ring (bicyclic) bond motifs is 1. The van der Waals surface area contributed by atoms with Crippen LogP contribution in [0.5, 0.6) is 0 Å². The Morgan fingerprint density at radius 3 is 2.80 bits per heavy atom. The van der Waals surface area contributed by atoms with E-state index in [1.165, 1.54) is 0 Å². The topological polar surface area (TPSA) is 64.0 Å². The standard InChI is InChI=1S/C25H23N3O2/c1-18(29)13-14-19-16-26-17-22-23(30)15-24(27-20-9-5-4-6-10-20)28(25(19)22)21-11-7-2-3-8-12-21/h2-7,9-12,15-17,27H,8,13-14H2,1H3. The summed E-state index contributed by atoms with van der Waals surface area (Å²) in [6, 6.07) is 11.4. The van der Waals surface area contributed by atoms with Crippen molar-refractivity contribution in [1.82, 2.24) is 9.55 Å². The van der Waals surface area contributed by atoms with Crippen LogP contribution in [-0.2, 0) is 11.2 Å². The van der Waals surface area contributed by atoms with Crippen LogP contribution < -0.4 is 10.7 Å². The van der Waals surface area contributed by atoms with Crippen molar-refractivity contribution in [3.05, 3.63) is 95.0 Å². The van der Waals surface area contributed by atoms with Crippen LogP contribution in [0.1, 0.15) is 25.3 Å². The van der Waals surface area contributed by atoms with E-state index in [0.717, 1.165) is 28.9 Å². The van der Waals surface area contributed by atoms with E-state index in [1.54, 1.807) is 25.4 Å². The van der Waals surface area contributed by atoms with Gasteiger partial charge in [-0.05, 0) is 43.5 Å². The minimum atomic E-state index is -0.104. The number of pyridine rings is 2. The molecule has 0 unspecified atom stereocenters. The number of hydrogen-bond acceptors (Lipinski definition) is 4. The van der Waals surface area contributed by atoms with Crippen LogP contribution in [0.2, 0.25) is 0 Å². The summed E-state index contributed by atoms with van der Waals surface area (Å²) in [5.41, 5.74) is 3.41. The first-order chi connectivity index (χ1) is 14.6. The molecule has 30 heavy (non-hydrogen) atoms. The number of aryl methyl sites for hydroxylation is 1. The number of anilines is 2. The summed E-state index contributed by atoms with van der Waals surface area (Å²) in [4.78, 5) is 28.9. The number of ketones is 1. The van der Waals surface area contributed by atoms with Crippen molar-refractivity contribution in [1.29, 1.82) is 0 Å². The zero-order valence-electron chi connectivity index (χ0n) is 16.8. The molecule has 150 valence electrons. The van der Waals surface area contributed by atoms with Gasteiger partial charge in [-0.15, -0.1) is 0 Å². The maximum absolute atomic E-state index is 13.0. The van der Waals surface area contributed by atoms with Crippen LogP contribution in [0.3, 0.4) is 0 Å². The van der Waals surface area contributed by atoms with Crippen molar-refractivity contribution in [2.45, 2.75) is 26.2 Å². The fraction of sp³-hybridized carbons (Fsp3) is 0.160. The molecule has 0 radical (unpaired) electrons. The average molecular weight is 397 g/mol. The van der Waals surface area contributed by atoms with Crippen molar-refractivity contribution in [2.24, 2.45) is 0 Å². The van der Waals surface area contributed by atoms with Gasteiger partial charge < -0.3 is 10.1 Å². The number of benzene rings is 1. The molecule has 1 N–H and O–H groups in total. The van der Waals surface area contributed by atoms with E-state index in [9.17, 15) is 9.59 Å². The fourth-order valence-corrected chi connectivity index (χ4v) is 3.59. The quantitative estimate of drug-likeness (QED) is 0.634. The largest absolute Gasteiger partial charge is 0.341 e. The summed E-state index contributed by atoms with van der Waals surface area (Å²) in [7, 11) is 0. The number of nitrogens with zero attached hydrogens (tertiary/aromatic N) is 2. The van der Waals surface area contributed by atoms with Gasteiger partial charge in [0.05, 0.1) is 10.9 Å². The normalized spacial score (nSPS) is 13.2. The highest BCUT2D eigenvalue weighted by Gasteiger charge is 2.16. The van der Waals surface area contributed by atoms with Crippen LogP contribution >= 0.6 is 0 Å². The molecule has 2 aromatic heterocycles. The molecular weight excluding hydrogens is 374 g/mol. The Labute approximate surface area is 175 Å². The van der Waals surface area contributed by atoms with Gasteiger partial charge in [-0.2, -0.15) is 0 Å². The maximum Gasteiger partial charge on any atom is 0.193 e. The van der Waals surface area contributed by atoms with Crippen LogP contribution in [0.25, 0.3) is 16.6 Å². The van der Waals surface area contributed by atoms with Gasteiger partial charge in [-0.25, -0.2) is 0 Å². The molecule has 0 spiro atoms. The highest BCUT2D eigenvalue weighted by Crippen LogP contribution is 2.28. The predicted octanol–water partition coefficient (Wildman–Crippen LogP) is 5.02. The van der Waals surface area contributed by atoms with E-state index >= 15 is 0 Å². The Kier molecular flexibility index (Phi) is 5.70. The number of nitrogens with one attached hydrogen (secondary N) is 1. The third kappa shape index (κ3) is 4.15. The van der Waals surface area contributed by atoms with Crippen LogP contribution in [0.15, 0.2) is 84.0 Å². The van der Waals surface area contributed by atoms with Crippen molar-refractivity contribution < 1.29 is 4.79 Å². The van der Waals surface area contributed by atoms with Crippen molar-refractivity contribution in [3.63, 3.8) is 0 Å². The van der Waals surface area contributed by atoms with E-state index in [4.69, 9.17) is 0 Å². The molecule has 2 heterocycles. The number of aromatic nitrogens is 2. The molecule has 0 aliphatic heterocycles. The summed E-state index contributed by atoms with van der Waals surface area (Å²) in [6.45, 7) is 1.58. The van der Waals surface area contributed by atoms with Gasteiger partial charge in [-0.3, -0.25) is 14.3 Å². The second kappa shape index (κ2) is 8.74. The maximum atomic E-state index is 13.0. The van der Waals surface area contributed by atoms with E-state index in [1.807, 2.05) is 48.6 Å².